The number of fused-ring (bicyclic) bond motifs is 2. The molecule has 6 heterocycles. The molecule has 0 spiro atoms. The number of nitrogen functional groups attached to an aromatic ring is 2. The number of nitrogens with zero attached hydrogens (tertiary/aromatic N) is 7. The molecule has 2 aliphatic heterocycles. The summed E-state index contributed by atoms with van der Waals surface area (Å²) >= 11 is 0. The predicted molar refractivity (Wildman–Crippen MR) is 178 cm³/mol. The molecule has 26 nitrogen and oxygen atoms in total. The number of phosphoric acid groups is 2. The monoisotopic (exact) mass is 808 g/mol. The summed E-state index contributed by atoms with van der Waals surface area (Å²) in [7, 11) is -7.42. The summed E-state index contributed by atoms with van der Waals surface area (Å²) in [6.07, 6.45) is -7.15. The Balaban J connectivity index is 1.24. The van der Waals surface area contributed by atoms with Gasteiger partial charge in [0.1, 0.15) is 48.5 Å². The Hall–Kier alpha value is -3.56. The number of hydrogen-bond acceptors (Lipinski definition) is 20. The maximum atomic E-state index is 13.6. The van der Waals surface area contributed by atoms with Gasteiger partial charge in [0, 0.05) is 14.2 Å². The van der Waals surface area contributed by atoms with Gasteiger partial charge in [-0.05, 0) is 0 Å². The van der Waals surface area contributed by atoms with E-state index in [-0.39, 0.29) is 60.5 Å². The van der Waals surface area contributed by atoms with Crippen LogP contribution in [-0.2, 0) is 51.1 Å². The molecule has 2 fully saturated rings. The van der Waals surface area contributed by atoms with Gasteiger partial charge >= 0.3 is 15.6 Å². The standard InChI is InChI=1S/C26H38N10O16P2/c1-44-3-5-46-18-16(37)12(50-24(18)36-11-32-15-22(36)33-26(28)34-23(15)38)7-49-54(42,43)52-17-13(8-48-53(39,40)41)51-25(19(17)47-6-4-45-2)35-10-31-14-20(27)29-9-30-21(14)35/h9-13,16-19,24-25,37H,3-8H2,1-2H3,(H,42,43)(H2,27,29,30)(H2,39,40,41)(H3,28,33,34,38)/t12-,13-,16?,17?,18+,19+,24-,25-/m1/s1. The summed E-state index contributed by atoms with van der Waals surface area (Å²) in [6, 6.07) is 0. The second kappa shape index (κ2) is 16.7. The van der Waals surface area contributed by atoms with Gasteiger partial charge < -0.3 is 59.7 Å². The fraction of sp³-hybridized carbons (Fsp3) is 0.615. The first-order valence-corrected chi connectivity index (χ1v) is 18.9. The molecule has 9 atom stereocenters. The van der Waals surface area contributed by atoms with E-state index in [0.29, 0.717) is 0 Å². The molecule has 0 amide bonds. The molecular formula is C26H38N10O16P2. The third-order valence-electron chi connectivity index (χ3n) is 8.24. The number of ether oxygens (including phenoxy) is 6. The Morgan fingerprint density at radius 2 is 1.43 bits per heavy atom. The highest BCUT2D eigenvalue weighted by atomic mass is 31.2. The summed E-state index contributed by atoms with van der Waals surface area (Å²) in [6.45, 7) is -1.53. The van der Waals surface area contributed by atoms with E-state index in [9.17, 15) is 33.7 Å². The van der Waals surface area contributed by atoms with E-state index in [4.69, 9.17) is 48.9 Å². The van der Waals surface area contributed by atoms with E-state index in [1.165, 1.54) is 42.3 Å². The highest BCUT2D eigenvalue weighted by Gasteiger charge is 2.52. The van der Waals surface area contributed by atoms with Crippen molar-refractivity contribution in [1.82, 2.24) is 39.0 Å². The molecule has 3 unspecified atom stereocenters. The number of aromatic amines is 1. The van der Waals surface area contributed by atoms with Crippen LogP contribution in [0.2, 0.25) is 0 Å². The van der Waals surface area contributed by atoms with Crippen molar-refractivity contribution >= 4 is 49.7 Å². The lowest BCUT2D eigenvalue weighted by molar-refractivity contribution is -0.0814. The Morgan fingerprint density at radius 3 is 2.11 bits per heavy atom. The second-order valence-corrected chi connectivity index (χ2v) is 14.4. The number of hydrogen-bond donors (Lipinski definition) is 7. The van der Waals surface area contributed by atoms with Gasteiger partial charge in [-0.1, -0.05) is 0 Å². The van der Waals surface area contributed by atoms with Gasteiger partial charge in [0.25, 0.3) is 5.56 Å². The topological polar surface area (TPSA) is 357 Å². The highest BCUT2D eigenvalue weighted by Crippen LogP contribution is 2.51. The first-order valence-electron chi connectivity index (χ1n) is 15.9. The zero-order chi connectivity index (χ0) is 38.8. The lowest BCUT2D eigenvalue weighted by atomic mass is 10.1. The number of phosphoric ester groups is 2. The average molecular weight is 809 g/mol. The van der Waals surface area contributed by atoms with Crippen molar-refractivity contribution in [1.29, 1.82) is 0 Å². The number of nitrogens with one attached hydrogen (secondary N) is 1. The van der Waals surface area contributed by atoms with Gasteiger partial charge in [0.05, 0.1) is 52.3 Å². The molecule has 6 rings (SSSR count). The van der Waals surface area contributed by atoms with Crippen molar-refractivity contribution < 1.29 is 70.9 Å². The van der Waals surface area contributed by atoms with E-state index in [0.717, 1.165) is 0 Å². The first kappa shape index (κ1) is 40.1. The van der Waals surface area contributed by atoms with Gasteiger partial charge in [-0.2, -0.15) is 4.98 Å². The first-order chi connectivity index (χ1) is 25.7. The molecule has 4 aromatic rings. The number of aliphatic hydroxyl groups is 1. The highest BCUT2D eigenvalue weighted by molar-refractivity contribution is 7.47. The Bertz CT molecular complexity index is 2060. The van der Waals surface area contributed by atoms with Crippen molar-refractivity contribution in [3.8, 4) is 0 Å². The molecule has 2 aliphatic rings. The summed E-state index contributed by atoms with van der Waals surface area (Å²) < 4.78 is 77.5. The number of aliphatic hydroxyl groups excluding tert-OH is 1. The Labute approximate surface area is 303 Å². The molecule has 0 saturated carbocycles. The van der Waals surface area contributed by atoms with Crippen LogP contribution in [0.3, 0.4) is 0 Å². The summed E-state index contributed by atoms with van der Waals surface area (Å²) in [5.74, 6) is -0.176. The fourth-order valence-corrected chi connectivity index (χ4v) is 7.17. The lowest BCUT2D eigenvalue weighted by Crippen LogP contribution is -2.39. The van der Waals surface area contributed by atoms with E-state index < -0.39 is 83.5 Å². The molecule has 54 heavy (non-hydrogen) atoms. The molecule has 9 N–H and O–H groups in total. The van der Waals surface area contributed by atoms with E-state index in [2.05, 4.69) is 34.4 Å². The van der Waals surface area contributed by atoms with Crippen molar-refractivity contribution in [3.63, 3.8) is 0 Å². The summed E-state index contributed by atoms with van der Waals surface area (Å²) in [4.78, 5) is 65.1. The van der Waals surface area contributed by atoms with E-state index in [1.54, 1.807) is 0 Å². The minimum Gasteiger partial charge on any atom is -0.387 e. The number of imidazole rings is 2. The number of H-pyrrole nitrogens is 1. The number of nitrogens with two attached hydrogens (primary N) is 2. The number of anilines is 2. The second-order valence-electron chi connectivity index (χ2n) is 11.8. The molecule has 0 aliphatic carbocycles. The van der Waals surface area contributed by atoms with Crippen LogP contribution in [-0.4, -0.2) is 149 Å². The third-order valence-corrected chi connectivity index (χ3v) is 9.71. The van der Waals surface area contributed by atoms with Crippen molar-refractivity contribution in [3.05, 3.63) is 29.3 Å². The summed E-state index contributed by atoms with van der Waals surface area (Å²) in [5, 5.41) is 11.3. The fourth-order valence-electron chi connectivity index (χ4n) is 5.87. The number of aromatic nitrogens is 8. The third kappa shape index (κ3) is 8.78. The van der Waals surface area contributed by atoms with E-state index >= 15 is 0 Å². The molecule has 0 radical (unpaired) electrons. The summed E-state index contributed by atoms with van der Waals surface area (Å²) in [5.41, 5.74) is 11.3. The van der Waals surface area contributed by atoms with Crippen LogP contribution >= 0.6 is 15.6 Å². The van der Waals surface area contributed by atoms with Crippen LogP contribution < -0.4 is 17.0 Å². The predicted octanol–water partition coefficient (Wildman–Crippen LogP) is -2.05. The van der Waals surface area contributed by atoms with Crippen LogP contribution in [0.4, 0.5) is 11.8 Å². The number of rotatable bonds is 18. The minimum absolute atomic E-state index is 0.00483. The van der Waals surface area contributed by atoms with E-state index in [1.807, 2.05) is 0 Å². The zero-order valence-electron chi connectivity index (χ0n) is 28.5. The molecule has 2 saturated heterocycles. The van der Waals surface area contributed by atoms with Gasteiger partial charge in [-0.15, -0.1) is 0 Å². The molecule has 28 heteroatoms. The van der Waals surface area contributed by atoms with Crippen LogP contribution in [0, 0.1) is 0 Å². The zero-order valence-corrected chi connectivity index (χ0v) is 30.2. The van der Waals surface area contributed by atoms with Crippen molar-refractivity contribution in [2.24, 2.45) is 0 Å². The minimum atomic E-state index is -5.19. The van der Waals surface area contributed by atoms with Crippen LogP contribution in [0.1, 0.15) is 12.5 Å². The normalized spacial score (nSPS) is 27.3. The Kier molecular flexibility index (Phi) is 12.4. The molecular weight excluding hydrogens is 770 g/mol. The lowest BCUT2D eigenvalue weighted by Gasteiger charge is -2.27. The average Bonchev–Trinajstić information content (AvgIpc) is 3.87. The van der Waals surface area contributed by atoms with Crippen LogP contribution in [0.25, 0.3) is 22.3 Å². The molecule has 4 aromatic heterocycles. The maximum absolute atomic E-state index is 13.6. The van der Waals surface area contributed by atoms with Crippen molar-refractivity contribution in [2.45, 2.75) is 49.1 Å². The quantitative estimate of drug-likeness (QED) is 0.0420. The SMILES string of the molecule is COCCO[C@H]1C(O)[C@@H](COP(=O)(O)OC2[C@@H](COP(=O)(O)O)O[C@@H](n3cnc4c(N)ncnc43)[C@H]2OCCOC)O[C@H]1n1cnc2c(=O)[nH]c(N)nc21. The maximum Gasteiger partial charge on any atom is 0.472 e. The Morgan fingerprint density at radius 1 is 0.815 bits per heavy atom. The largest absolute Gasteiger partial charge is 0.472 e. The van der Waals surface area contributed by atoms with Gasteiger partial charge in [0.15, 0.2) is 35.1 Å². The van der Waals surface area contributed by atoms with Crippen molar-refractivity contribution in [2.75, 3.05) is 65.3 Å². The number of methoxy groups -OCH3 is 2. The van der Waals surface area contributed by atoms with Gasteiger partial charge in [-0.25, -0.2) is 29.1 Å². The van der Waals surface area contributed by atoms with Gasteiger partial charge in [0.2, 0.25) is 5.95 Å². The van der Waals surface area contributed by atoms with Crippen LogP contribution in [0.5, 0.6) is 0 Å². The smallest absolute Gasteiger partial charge is 0.387 e. The van der Waals surface area contributed by atoms with Crippen LogP contribution in [0.15, 0.2) is 23.8 Å². The molecule has 0 aromatic carbocycles. The van der Waals surface area contributed by atoms with Gasteiger partial charge in [-0.3, -0.25) is 32.5 Å². The molecule has 0 bridgehead atoms. The molecule has 298 valence electrons.